The minimum atomic E-state index is 0.697. The first-order valence-corrected chi connectivity index (χ1v) is 7.25. The molecule has 1 aromatic carbocycles. The summed E-state index contributed by atoms with van der Waals surface area (Å²) in [6, 6.07) is 9.00. The lowest BCUT2D eigenvalue weighted by molar-refractivity contribution is 0.376. The molecule has 3 rings (SSSR count). The molecule has 2 aliphatic heterocycles. The number of halogens is 1. The van der Waals surface area contributed by atoms with Crippen molar-refractivity contribution < 1.29 is 0 Å². The van der Waals surface area contributed by atoms with Crippen LogP contribution < -0.4 is 10.2 Å². The minimum Gasteiger partial charge on any atom is -0.370 e. The lowest BCUT2D eigenvalue weighted by atomic mass is 9.92. The standard InChI is InChI=1S/C14H16BrN3/c15-12-1-2-14(11(7-12)8-16)18-6-4-13-10(9-18)3-5-17-13/h1-2,7,10,13,17H,3-6,9H2. The van der Waals surface area contributed by atoms with Crippen LogP contribution in [0, 0.1) is 17.2 Å². The van der Waals surface area contributed by atoms with Crippen LogP contribution in [0.2, 0.25) is 0 Å². The fraction of sp³-hybridized carbons (Fsp3) is 0.500. The maximum atomic E-state index is 9.25. The van der Waals surface area contributed by atoms with Crippen LogP contribution in [-0.4, -0.2) is 25.7 Å². The van der Waals surface area contributed by atoms with Gasteiger partial charge in [0.15, 0.2) is 0 Å². The minimum absolute atomic E-state index is 0.697. The van der Waals surface area contributed by atoms with Crippen molar-refractivity contribution in [3.8, 4) is 6.07 Å². The van der Waals surface area contributed by atoms with E-state index < -0.39 is 0 Å². The van der Waals surface area contributed by atoms with Gasteiger partial charge < -0.3 is 10.2 Å². The van der Waals surface area contributed by atoms with E-state index in [1.165, 1.54) is 12.8 Å². The first kappa shape index (κ1) is 12.0. The van der Waals surface area contributed by atoms with Crippen LogP contribution in [0.3, 0.4) is 0 Å². The molecule has 0 amide bonds. The third-order valence-corrected chi connectivity index (χ3v) is 4.57. The second-order valence-electron chi connectivity index (χ2n) is 5.12. The second kappa shape index (κ2) is 4.91. The summed E-state index contributed by atoms with van der Waals surface area (Å²) < 4.78 is 0.972. The molecule has 0 bridgehead atoms. The van der Waals surface area contributed by atoms with Crippen LogP contribution in [-0.2, 0) is 0 Å². The highest BCUT2D eigenvalue weighted by Gasteiger charge is 2.33. The fourth-order valence-corrected chi connectivity index (χ4v) is 3.50. The molecule has 1 N–H and O–H groups in total. The van der Waals surface area contributed by atoms with Crippen molar-refractivity contribution in [3.05, 3.63) is 28.2 Å². The van der Waals surface area contributed by atoms with Crippen molar-refractivity contribution in [2.45, 2.75) is 18.9 Å². The van der Waals surface area contributed by atoms with Crippen molar-refractivity contribution in [2.75, 3.05) is 24.5 Å². The number of benzene rings is 1. The van der Waals surface area contributed by atoms with Gasteiger partial charge in [-0.25, -0.2) is 0 Å². The average molecular weight is 306 g/mol. The van der Waals surface area contributed by atoms with Gasteiger partial charge >= 0.3 is 0 Å². The number of nitrogens with zero attached hydrogens (tertiary/aromatic N) is 2. The Kier molecular flexibility index (Phi) is 3.27. The van der Waals surface area contributed by atoms with Crippen LogP contribution in [0.4, 0.5) is 5.69 Å². The van der Waals surface area contributed by atoms with E-state index in [2.05, 4.69) is 38.3 Å². The quantitative estimate of drug-likeness (QED) is 0.866. The summed E-state index contributed by atoms with van der Waals surface area (Å²) in [7, 11) is 0. The van der Waals surface area contributed by atoms with E-state index in [1.54, 1.807) is 0 Å². The van der Waals surface area contributed by atoms with Gasteiger partial charge in [-0.2, -0.15) is 5.26 Å². The SMILES string of the molecule is N#Cc1cc(Br)ccc1N1CCC2NCCC2C1. The number of nitriles is 1. The van der Waals surface area contributed by atoms with E-state index >= 15 is 0 Å². The Morgan fingerprint density at radius 3 is 3.11 bits per heavy atom. The molecule has 4 heteroatoms. The summed E-state index contributed by atoms with van der Waals surface area (Å²) in [4.78, 5) is 2.37. The predicted octanol–water partition coefficient (Wildman–Crippen LogP) is 2.51. The van der Waals surface area contributed by atoms with Crippen molar-refractivity contribution in [1.29, 1.82) is 5.26 Å². The lowest BCUT2D eigenvalue weighted by Crippen LogP contribution is -2.44. The van der Waals surface area contributed by atoms with E-state index in [1.807, 2.05) is 12.1 Å². The predicted molar refractivity (Wildman–Crippen MR) is 75.6 cm³/mol. The van der Waals surface area contributed by atoms with Gasteiger partial charge in [-0.05, 0) is 43.5 Å². The summed E-state index contributed by atoms with van der Waals surface area (Å²) in [5.74, 6) is 0.744. The Bertz CT molecular complexity index is 494. The highest BCUT2D eigenvalue weighted by molar-refractivity contribution is 9.10. The van der Waals surface area contributed by atoms with Crippen LogP contribution >= 0.6 is 15.9 Å². The number of nitrogens with one attached hydrogen (secondary N) is 1. The summed E-state index contributed by atoms with van der Waals surface area (Å²) >= 11 is 3.43. The topological polar surface area (TPSA) is 39.1 Å². The van der Waals surface area contributed by atoms with Gasteiger partial charge in [0, 0.05) is 23.6 Å². The molecule has 18 heavy (non-hydrogen) atoms. The second-order valence-corrected chi connectivity index (χ2v) is 6.03. The number of piperidine rings is 1. The monoisotopic (exact) mass is 305 g/mol. The van der Waals surface area contributed by atoms with Gasteiger partial charge in [0.1, 0.15) is 6.07 Å². The van der Waals surface area contributed by atoms with E-state index in [4.69, 9.17) is 0 Å². The zero-order valence-corrected chi connectivity index (χ0v) is 11.8. The molecule has 0 aliphatic carbocycles. The highest BCUT2D eigenvalue weighted by atomic mass is 79.9. The van der Waals surface area contributed by atoms with Crippen molar-refractivity contribution in [2.24, 2.45) is 5.92 Å². The Balaban J connectivity index is 1.85. The van der Waals surface area contributed by atoms with Crippen LogP contribution in [0.15, 0.2) is 22.7 Å². The third-order valence-electron chi connectivity index (χ3n) is 4.08. The molecule has 2 aliphatic rings. The van der Waals surface area contributed by atoms with Gasteiger partial charge in [0.2, 0.25) is 0 Å². The number of fused-ring (bicyclic) bond motifs is 1. The van der Waals surface area contributed by atoms with Gasteiger partial charge in [-0.1, -0.05) is 15.9 Å². The van der Waals surface area contributed by atoms with Crippen molar-refractivity contribution >= 4 is 21.6 Å². The molecule has 2 atom stereocenters. The summed E-state index contributed by atoms with van der Waals surface area (Å²) in [6.07, 6.45) is 2.45. The Morgan fingerprint density at radius 1 is 1.39 bits per heavy atom. The van der Waals surface area contributed by atoms with E-state index in [0.717, 1.165) is 41.3 Å². The van der Waals surface area contributed by atoms with Crippen LogP contribution in [0.25, 0.3) is 0 Å². The smallest absolute Gasteiger partial charge is 0.101 e. The van der Waals surface area contributed by atoms with E-state index in [0.29, 0.717) is 6.04 Å². The van der Waals surface area contributed by atoms with Gasteiger partial charge in [0.25, 0.3) is 0 Å². The van der Waals surface area contributed by atoms with Crippen LogP contribution in [0.1, 0.15) is 18.4 Å². The zero-order valence-electron chi connectivity index (χ0n) is 10.2. The lowest BCUT2D eigenvalue weighted by Gasteiger charge is -2.36. The Hall–Kier alpha value is -1.05. The van der Waals surface area contributed by atoms with Gasteiger partial charge in [-0.3, -0.25) is 0 Å². The molecule has 0 saturated carbocycles. The number of anilines is 1. The zero-order chi connectivity index (χ0) is 12.5. The molecule has 2 fully saturated rings. The molecule has 2 saturated heterocycles. The van der Waals surface area contributed by atoms with Crippen LogP contribution in [0.5, 0.6) is 0 Å². The fourth-order valence-electron chi connectivity index (χ4n) is 3.14. The average Bonchev–Trinajstić information content (AvgIpc) is 2.85. The molecule has 0 radical (unpaired) electrons. The van der Waals surface area contributed by atoms with E-state index in [-0.39, 0.29) is 0 Å². The molecule has 2 unspecified atom stereocenters. The normalized spacial score (nSPS) is 26.8. The molecule has 0 spiro atoms. The number of rotatable bonds is 1. The first-order valence-electron chi connectivity index (χ1n) is 6.46. The molecular formula is C14H16BrN3. The van der Waals surface area contributed by atoms with Gasteiger partial charge in [-0.15, -0.1) is 0 Å². The maximum Gasteiger partial charge on any atom is 0.101 e. The largest absolute Gasteiger partial charge is 0.370 e. The van der Waals surface area contributed by atoms with Crippen molar-refractivity contribution in [3.63, 3.8) is 0 Å². The molecule has 2 heterocycles. The number of hydrogen-bond donors (Lipinski definition) is 1. The molecule has 94 valence electrons. The number of hydrogen-bond acceptors (Lipinski definition) is 3. The first-order chi connectivity index (χ1) is 8.78. The molecular weight excluding hydrogens is 290 g/mol. The molecule has 0 aromatic heterocycles. The van der Waals surface area contributed by atoms with Crippen molar-refractivity contribution in [1.82, 2.24) is 5.32 Å². The highest BCUT2D eigenvalue weighted by Crippen LogP contribution is 2.31. The molecule has 3 nitrogen and oxygen atoms in total. The summed E-state index contributed by atoms with van der Waals surface area (Å²) in [5, 5.41) is 12.8. The molecule has 1 aromatic rings. The maximum absolute atomic E-state index is 9.25. The summed E-state index contributed by atoms with van der Waals surface area (Å²) in [6.45, 7) is 3.27. The van der Waals surface area contributed by atoms with Gasteiger partial charge in [0.05, 0.1) is 11.3 Å². The van der Waals surface area contributed by atoms with E-state index in [9.17, 15) is 5.26 Å². The Labute approximate surface area is 116 Å². The summed E-state index contributed by atoms with van der Waals surface area (Å²) in [5.41, 5.74) is 1.86. The third kappa shape index (κ3) is 2.13. The Morgan fingerprint density at radius 2 is 2.28 bits per heavy atom.